The van der Waals surface area contributed by atoms with Gasteiger partial charge in [-0.2, -0.15) is 0 Å². The zero-order valence-electron chi connectivity index (χ0n) is 10.9. The monoisotopic (exact) mass is 253 g/mol. The fourth-order valence-electron chi connectivity index (χ4n) is 2.19. The zero-order chi connectivity index (χ0) is 13.0. The van der Waals surface area contributed by atoms with Gasteiger partial charge in [-0.3, -0.25) is 4.90 Å². The van der Waals surface area contributed by atoms with Crippen molar-refractivity contribution in [1.29, 1.82) is 0 Å². The van der Waals surface area contributed by atoms with Crippen LogP contribution in [-0.2, 0) is 0 Å². The lowest BCUT2D eigenvalue weighted by atomic mass is 10.2. The molecule has 0 atom stereocenters. The third-order valence-electron chi connectivity index (χ3n) is 3.17. The first kappa shape index (κ1) is 13.1. The van der Waals surface area contributed by atoms with E-state index in [0.29, 0.717) is 5.75 Å². The Kier molecular flexibility index (Phi) is 4.38. The molecular weight excluding hydrogens is 233 g/mol. The van der Waals surface area contributed by atoms with Crippen LogP contribution in [0.3, 0.4) is 0 Å². The number of piperazine rings is 1. The van der Waals surface area contributed by atoms with Crippen LogP contribution >= 0.6 is 0 Å². The minimum Gasteiger partial charge on any atom is -0.495 e. The third kappa shape index (κ3) is 3.11. The lowest BCUT2D eigenvalue weighted by Crippen LogP contribution is -2.47. The molecule has 5 heteroatoms. The Morgan fingerprint density at radius 2 is 2.11 bits per heavy atom. The van der Waals surface area contributed by atoms with Crippen LogP contribution < -0.4 is 15.0 Å². The first-order valence-corrected chi connectivity index (χ1v) is 6.18. The van der Waals surface area contributed by atoms with Crippen molar-refractivity contribution in [3.05, 3.63) is 24.0 Å². The van der Waals surface area contributed by atoms with E-state index < -0.39 is 0 Å². The maximum absolute atomic E-state index is 13.3. The third-order valence-corrected chi connectivity index (χ3v) is 3.17. The number of anilines is 1. The number of nitrogens with zero attached hydrogens (tertiary/aromatic N) is 2. The number of nitrogens with one attached hydrogen (secondary N) is 1. The molecule has 0 bridgehead atoms. The maximum Gasteiger partial charge on any atom is 0.142 e. The molecule has 0 unspecified atom stereocenters. The van der Waals surface area contributed by atoms with Gasteiger partial charge in [0.15, 0.2) is 0 Å². The standard InChI is InChI=1S/C13H20FN3O/c1-16(10-17-7-5-15-6-8-17)12-9-11(14)3-4-13(12)18-2/h3-4,9,15H,5-8,10H2,1-2H3. The average molecular weight is 253 g/mol. The predicted octanol–water partition coefficient (Wildman–Crippen LogP) is 1.13. The highest BCUT2D eigenvalue weighted by atomic mass is 19.1. The highest BCUT2D eigenvalue weighted by Gasteiger charge is 2.15. The Balaban J connectivity index is 2.07. The molecule has 1 heterocycles. The number of rotatable bonds is 4. The van der Waals surface area contributed by atoms with Crippen LogP contribution in [0.5, 0.6) is 5.75 Å². The van der Waals surface area contributed by atoms with Gasteiger partial charge in [-0.1, -0.05) is 0 Å². The van der Waals surface area contributed by atoms with Crippen molar-refractivity contribution in [2.75, 3.05) is 51.9 Å². The summed E-state index contributed by atoms with van der Waals surface area (Å²) in [4.78, 5) is 4.36. The number of hydrogen-bond donors (Lipinski definition) is 1. The molecule has 2 rings (SSSR count). The lowest BCUT2D eigenvalue weighted by molar-refractivity contribution is 0.243. The molecule has 1 aliphatic heterocycles. The lowest BCUT2D eigenvalue weighted by Gasteiger charge is -2.32. The molecule has 0 saturated carbocycles. The number of ether oxygens (including phenoxy) is 1. The molecule has 0 amide bonds. The first-order chi connectivity index (χ1) is 8.70. The summed E-state index contributed by atoms with van der Waals surface area (Å²) in [6.45, 7) is 4.83. The second-order valence-electron chi connectivity index (χ2n) is 4.52. The summed E-state index contributed by atoms with van der Waals surface area (Å²) >= 11 is 0. The molecule has 0 spiro atoms. The van der Waals surface area contributed by atoms with Gasteiger partial charge in [0.1, 0.15) is 11.6 Å². The van der Waals surface area contributed by atoms with Crippen molar-refractivity contribution < 1.29 is 9.13 Å². The Hall–Kier alpha value is -1.33. The van der Waals surface area contributed by atoms with Gasteiger partial charge in [-0.15, -0.1) is 0 Å². The summed E-state index contributed by atoms with van der Waals surface area (Å²) in [5.41, 5.74) is 0.788. The van der Waals surface area contributed by atoms with Crippen LogP contribution in [0.4, 0.5) is 10.1 Å². The fraction of sp³-hybridized carbons (Fsp3) is 0.538. The molecule has 1 aliphatic rings. The minimum absolute atomic E-state index is 0.238. The summed E-state index contributed by atoms with van der Waals surface area (Å²) in [5, 5.41) is 3.31. The SMILES string of the molecule is COc1ccc(F)cc1N(C)CN1CCNCC1. The van der Waals surface area contributed by atoms with E-state index in [1.165, 1.54) is 12.1 Å². The summed E-state index contributed by atoms with van der Waals surface area (Å²) < 4.78 is 18.6. The summed E-state index contributed by atoms with van der Waals surface area (Å²) in [7, 11) is 3.56. The predicted molar refractivity (Wildman–Crippen MR) is 70.7 cm³/mol. The highest BCUT2D eigenvalue weighted by molar-refractivity contribution is 5.58. The van der Waals surface area contributed by atoms with Crippen molar-refractivity contribution in [1.82, 2.24) is 10.2 Å². The summed E-state index contributed by atoms with van der Waals surface area (Å²) in [6.07, 6.45) is 0. The van der Waals surface area contributed by atoms with E-state index in [9.17, 15) is 4.39 Å². The van der Waals surface area contributed by atoms with E-state index in [0.717, 1.165) is 38.5 Å². The topological polar surface area (TPSA) is 27.7 Å². The van der Waals surface area contributed by atoms with Gasteiger partial charge in [0.25, 0.3) is 0 Å². The quantitative estimate of drug-likeness (QED) is 0.870. The van der Waals surface area contributed by atoms with E-state index >= 15 is 0 Å². The first-order valence-electron chi connectivity index (χ1n) is 6.18. The van der Waals surface area contributed by atoms with Crippen LogP contribution in [0, 0.1) is 5.82 Å². The molecule has 1 fully saturated rings. The molecule has 1 aromatic carbocycles. The van der Waals surface area contributed by atoms with Crippen LogP contribution in [-0.4, -0.2) is 51.9 Å². The number of halogens is 1. The molecule has 1 saturated heterocycles. The normalized spacial score (nSPS) is 16.6. The Morgan fingerprint density at radius 3 is 2.78 bits per heavy atom. The smallest absolute Gasteiger partial charge is 0.142 e. The van der Waals surface area contributed by atoms with E-state index in [2.05, 4.69) is 10.2 Å². The maximum atomic E-state index is 13.3. The largest absolute Gasteiger partial charge is 0.495 e. The summed E-state index contributed by atoms with van der Waals surface area (Å²) in [6, 6.07) is 4.60. The van der Waals surface area contributed by atoms with Gasteiger partial charge in [0.05, 0.1) is 19.5 Å². The van der Waals surface area contributed by atoms with Crippen molar-refractivity contribution in [2.24, 2.45) is 0 Å². The number of methoxy groups -OCH3 is 1. The molecular formula is C13H20FN3O. The summed E-state index contributed by atoms with van der Waals surface area (Å²) in [5.74, 6) is 0.465. The van der Waals surface area contributed by atoms with Crippen LogP contribution in [0.25, 0.3) is 0 Å². The second kappa shape index (κ2) is 6.02. The molecule has 1 N–H and O–H groups in total. The van der Waals surface area contributed by atoms with Gasteiger partial charge >= 0.3 is 0 Å². The highest BCUT2D eigenvalue weighted by Crippen LogP contribution is 2.28. The van der Waals surface area contributed by atoms with Gasteiger partial charge in [0, 0.05) is 39.3 Å². The molecule has 100 valence electrons. The van der Waals surface area contributed by atoms with Gasteiger partial charge in [-0.05, 0) is 12.1 Å². The van der Waals surface area contributed by atoms with Crippen molar-refractivity contribution in [3.63, 3.8) is 0 Å². The Bertz CT molecular complexity index is 394. The minimum atomic E-state index is -0.238. The van der Waals surface area contributed by atoms with Crippen LogP contribution in [0.15, 0.2) is 18.2 Å². The van der Waals surface area contributed by atoms with E-state index in [1.54, 1.807) is 13.2 Å². The molecule has 0 aromatic heterocycles. The second-order valence-corrected chi connectivity index (χ2v) is 4.52. The molecule has 4 nitrogen and oxygen atoms in total. The fourth-order valence-corrected chi connectivity index (χ4v) is 2.19. The van der Waals surface area contributed by atoms with Crippen molar-refractivity contribution in [3.8, 4) is 5.75 Å². The van der Waals surface area contributed by atoms with Crippen LogP contribution in [0.1, 0.15) is 0 Å². The molecule has 1 aromatic rings. The molecule has 0 aliphatic carbocycles. The molecule has 18 heavy (non-hydrogen) atoms. The average Bonchev–Trinajstić information content (AvgIpc) is 2.40. The van der Waals surface area contributed by atoms with Crippen molar-refractivity contribution >= 4 is 5.69 Å². The van der Waals surface area contributed by atoms with E-state index in [4.69, 9.17) is 4.74 Å². The zero-order valence-corrected chi connectivity index (χ0v) is 10.9. The van der Waals surface area contributed by atoms with Gasteiger partial charge < -0.3 is 15.0 Å². The van der Waals surface area contributed by atoms with Gasteiger partial charge in [0.2, 0.25) is 0 Å². The van der Waals surface area contributed by atoms with E-state index in [1.807, 2.05) is 11.9 Å². The Labute approximate surface area is 107 Å². The number of hydrogen-bond acceptors (Lipinski definition) is 4. The number of benzene rings is 1. The molecule has 0 radical (unpaired) electrons. The van der Waals surface area contributed by atoms with Gasteiger partial charge in [-0.25, -0.2) is 4.39 Å². The van der Waals surface area contributed by atoms with Crippen LogP contribution in [0.2, 0.25) is 0 Å². The van der Waals surface area contributed by atoms with Crippen molar-refractivity contribution in [2.45, 2.75) is 0 Å². The Morgan fingerprint density at radius 1 is 1.39 bits per heavy atom. The van der Waals surface area contributed by atoms with E-state index in [-0.39, 0.29) is 5.82 Å².